The molecule has 6 heteroatoms. The van der Waals surface area contributed by atoms with E-state index in [1.807, 2.05) is 32.0 Å². The molecule has 2 aromatic carbocycles. The highest BCUT2D eigenvalue weighted by molar-refractivity contribution is 5.89. The summed E-state index contributed by atoms with van der Waals surface area (Å²) in [6.07, 6.45) is 1.60. The van der Waals surface area contributed by atoms with Gasteiger partial charge in [0.1, 0.15) is 5.75 Å². The van der Waals surface area contributed by atoms with Crippen molar-refractivity contribution in [1.82, 2.24) is 5.43 Å². The van der Waals surface area contributed by atoms with E-state index in [2.05, 4.69) is 10.5 Å². The van der Waals surface area contributed by atoms with Gasteiger partial charge in [0.15, 0.2) is 6.61 Å². The SMILES string of the molecule is CCOC(=O)c1ccc(OCC(=O)N/N=C/c2ccc(C)cc2C)cc1. The maximum absolute atomic E-state index is 11.8. The Kier molecular flexibility index (Phi) is 6.91. The molecule has 1 amide bonds. The van der Waals surface area contributed by atoms with E-state index in [0.29, 0.717) is 17.9 Å². The second-order valence-electron chi connectivity index (χ2n) is 5.69. The monoisotopic (exact) mass is 354 g/mol. The van der Waals surface area contributed by atoms with Crippen LogP contribution in [0.4, 0.5) is 0 Å². The van der Waals surface area contributed by atoms with Gasteiger partial charge in [0.25, 0.3) is 5.91 Å². The van der Waals surface area contributed by atoms with Crippen LogP contribution in [0.1, 0.15) is 34.0 Å². The van der Waals surface area contributed by atoms with Gasteiger partial charge in [-0.1, -0.05) is 23.8 Å². The summed E-state index contributed by atoms with van der Waals surface area (Å²) >= 11 is 0. The van der Waals surface area contributed by atoms with Gasteiger partial charge < -0.3 is 9.47 Å². The number of ether oxygens (including phenoxy) is 2. The molecule has 0 saturated heterocycles. The second-order valence-corrected chi connectivity index (χ2v) is 5.69. The Bertz CT molecular complexity index is 798. The van der Waals surface area contributed by atoms with Crippen LogP contribution >= 0.6 is 0 Å². The van der Waals surface area contributed by atoms with Crippen LogP contribution in [0.5, 0.6) is 5.75 Å². The first kappa shape index (κ1) is 19.2. The standard InChI is InChI=1S/C20H22N2O4/c1-4-25-20(24)16-7-9-18(10-8-16)26-13-19(23)22-21-12-17-6-5-14(2)11-15(17)3/h5-12H,4,13H2,1-3H3,(H,22,23)/b21-12+. The van der Waals surface area contributed by atoms with Crippen LogP contribution < -0.4 is 10.2 Å². The number of aryl methyl sites for hydroxylation is 2. The first-order valence-corrected chi connectivity index (χ1v) is 8.28. The lowest BCUT2D eigenvalue weighted by atomic mass is 10.1. The van der Waals surface area contributed by atoms with Crippen LogP contribution in [0, 0.1) is 13.8 Å². The molecule has 0 spiro atoms. The second kappa shape index (κ2) is 9.36. The highest BCUT2D eigenvalue weighted by Gasteiger charge is 2.07. The first-order valence-electron chi connectivity index (χ1n) is 8.28. The molecule has 0 aliphatic rings. The van der Waals surface area contributed by atoms with Crippen LogP contribution in [0.25, 0.3) is 0 Å². The van der Waals surface area contributed by atoms with Gasteiger partial charge >= 0.3 is 5.97 Å². The van der Waals surface area contributed by atoms with Gasteiger partial charge in [0, 0.05) is 0 Å². The molecule has 0 heterocycles. The van der Waals surface area contributed by atoms with E-state index in [9.17, 15) is 9.59 Å². The van der Waals surface area contributed by atoms with Crippen LogP contribution in [0.15, 0.2) is 47.6 Å². The summed E-state index contributed by atoms with van der Waals surface area (Å²) in [5.74, 6) is -0.287. The van der Waals surface area contributed by atoms with Gasteiger partial charge in [-0.2, -0.15) is 5.10 Å². The van der Waals surface area contributed by atoms with Crippen molar-refractivity contribution in [3.63, 3.8) is 0 Å². The summed E-state index contributed by atoms with van der Waals surface area (Å²) in [7, 11) is 0. The third-order valence-corrected chi connectivity index (χ3v) is 3.55. The van der Waals surface area contributed by atoms with Crippen molar-refractivity contribution in [3.8, 4) is 5.75 Å². The number of carbonyl (C=O) groups is 2. The molecule has 0 atom stereocenters. The lowest BCUT2D eigenvalue weighted by molar-refractivity contribution is -0.123. The number of hydrogen-bond donors (Lipinski definition) is 1. The largest absolute Gasteiger partial charge is 0.484 e. The predicted octanol–water partition coefficient (Wildman–Crippen LogP) is 3.01. The maximum Gasteiger partial charge on any atom is 0.338 e. The minimum absolute atomic E-state index is 0.178. The van der Waals surface area contributed by atoms with Crippen LogP contribution in [-0.4, -0.2) is 31.3 Å². The number of nitrogens with one attached hydrogen (secondary N) is 1. The Morgan fingerprint density at radius 3 is 2.50 bits per heavy atom. The number of carbonyl (C=O) groups excluding carboxylic acids is 2. The number of rotatable bonds is 7. The van der Waals surface area contributed by atoms with Crippen molar-refractivity contribution < 1.29 is 19.1 Å². The van der Waals surface area contributed by atoms with Gasteiger partial charge in [-0.05, 0) is 56.2 Å². The summed E-state index contributed by atoms with van der Waals surface area (Å²) < 4.78 is 10.3. The summed E-state index contributed by atoms with van der Waals surface area (Å²) in [6.45, 7) is 5.89. The fourth-order valence-corrected chi connectivity index (χ4v) is 2.23. The number of amides is 1. The third kappa shape index (κ3) is 5.73. The van der Waals surface area contributed by atoms with Gasteiger partial charge in [-0.3, -0.25) is 4.79 Å². The Morgan fingerprint density at radius 2 is 1.85 bits per heavy atom. The Labute approximate surface area is 152 Å². The molecule has 2 rings (SSSR count). The minimum atomic E-state index is -0.391. The zero-order valence-corrected chi connectivity index (χ0v) is 15.1. The average molecular weight is 354 g/mol. The quantitative estimate of drug-likeness (QED) is 0.471. The number of esters is 1. The molecule has 1 N–H and O–H groups in total. The number of nitrogens with zero attached hydrogens (tertiary/aromatic N) is 1. The van der Waals surface area contributed by atoms with E-state index in [4.69, 9.17) is 9.47 Å². The van der Waals surface area contributed by atoms with Gasteiger partial charge in [0.05, 0.1) is 18.4 Å². The number of benzene rings is 2. The Balaban J connectivity index is 1.81. The van der Waals surface area contributed by atoms with Gasteiger partial charge in [-0.25, -0.2) is 10.2 Å². The van der Waals surface area contributed by atoms with E-state index in [1.165, 1.54) is 5.56 Å². The Hall–Kier alpha value is -3.15. The molecule has 0 fully saturated rings. The predicted molar refractivity (Wildman–Crippen MR) is 99.5 cm³/mol. The van der Waals surface area contributed by atoms with Crippen LogP contribution in [0.2, 0.25) is 0 Å². The van der Waals surface area contributed by atoms with Crippen molar-refractivity contribution >= 4 is 18.1 Å². The minimum Gasteiger partial charge on any atom is -0.484 e. The molecular formula is C20H22N2O4. The van der Waals surface area contributed by atoms with E-state index in [0.717, 1.165) is 11.1 Å². The fourth-order valence-electron chi connectivity index (χ4n) is 2.23. The van der Waals surface area contributed by atoms with E-state index in [1.54, 1.807) is 37.4 Å². The molecule has 2 aromatic rings. The van der Waals surface area contributed by atoms with Gasteiger partial charge in [-0.15, -0.1) is 0 Å². The summed E-state index contributed by atoms with van der Waals surface area (Å²) in [6, 6.07) is 12.4. The Morgan fingerprint density at radius 1 is 1.12 bits per heavy atom. The zero-order chi connectivity index (χ0) is 18.9. The van der Waals surface area contributed by atoms with Crippen molar-refractivity contribution in [2.45, 2.75) is 20.8 Å². The molecule has 136 valence electrons. The molecule has 0 saturated carbocycles. The normalized spacial score (nSPS) is 10.6. The van der Waals surface area contributed by atoms with E-state index >= 15 is 0 Å². The van der Waals surface area contributed by atoms with Crippen molar-refractivity contribution in [2.75, 3.05) is 13.2 Å². The summed E-state index contributed by atoms with van der Waals surface area (Å²) in [5.41, 5.74) is 6.05. The van der Waals surface area contributed by atoms with Crippen molar-refractivity contribution in [3.05, 3.63) is 64.7 Å². The lowest BCUT2D eigenvalue weighted by Crippen LogP contribution is -2.24. The lowest BCUT2D eigenvalue weighted by Gasteiger charge is -2.06. The summed E-state index contributed by atoms with van der Waals surface area (Å²) in [4.78, 5) is 23.3. The molecule has 26 heavy (non-hydrogen) atoms. The third-order valence-electron chi connectivity index (χ3n) is 3.55. The topological polar surface area (TPSA) is 77.0 Å². The molecule has 0 bridgehead atoms. The van der Waals surface area contributed by atoms with Gasteiger partial charge in [0.2, 0.25) is 0 Å². The fraction of sp³-hybridized carbons (Fsp3) is 0.250. The number of hydrogen-bond acceptors (Lipinski definition) is 5. The van der Waals surface area contributed by atoms with E-state index < -0.39 is 5.97 Å². The average Bonchev–Trinajstić information content (AvgIpc) is 2.62. The first-order chi connectivity index (χ1) is 12.5. The zero-order valence-electron chi connectivity index (χ0n) is 15.1. The molecule has 0 aliphatic heterocycles. The number of hydrazone groups is 1. The highest BCUT2D eigenvalue weighted by atomic mass is 16.5. The van der Waals surface area contributed by atoms with Crippen LogP contribution in [-0.2, 0) is 9.53 Å². The van der Waals surface area contributed by atoms with Crippen molar-refractivity contribution in [2.24, 2.45) is 5.10 Å². The molecule has 6 nitrogen and oxygen atoms in total. The molecule has 0 radical (unpaired) electrons. The van der Waals surface area contributed by atoms with Crippen molar-refractivity contribution in [1.29, 1.82) is 0 Å². The maximum atomic E-state index is 11.8. The molecular weight excluding hydrogens is 332 g/mol. The molecule has 0 aliphatic carbocycles. The van der Waals surface area contributed by atoms with E-state index in [-0.39, 0.29) is 12.5 Å². The molecule has 0 aromatic heterocycles. The highest BCUT2D eigenvalue weighted by Crippen LogP contribution is 2.13. The smallest absolute Gasteiger partial charge is 0.338 e. The van der Waals surface area contributed by atoms with Crippen LogP contribution in [0.3, 0.4) is 0 Å². The summed E-state index contributed by atoms with van der Waals surface area (Å²) in [5, 5.41) is 3.94. The molecule has 0 unspecified atom stereocenters.